The molecule has 1 aliphatic rings. The maximum atomic E-state index is 12.0. The number of hydrogen-bond donors (Lipinski definition) is 1. The summed E-state index contributed by atoms with van der Waals surface area (Å²) in [6.07, 6.45) is 5.76. The third-order valence-electron chi connectivity index (χ3n) is 4.29. The molecule has 1 aromatic carbocycles. The highest BCUT2D eigenvalue weighted by atomic mass is 32.2. The lowest BCUT2D eigenvalue weighted by Crippen LogP contribution is -2.11. The molecule has 0 radical (unpaired) electrons. The van der Waals surface area contributed by atoms with Crippen LogP contribution in [0.2, 0.25) is 0 Å². The molecule has 0 atom stereocenters. The van der Waals surface area contributed by atoms with Gasteiger partial charge >= 0.3 is 0 Å². The van der Waals surface area contributed by atoms with Crippen LogP contribution in [0.25, 0.3) is 10.1 Å². The molecule has 2 heterocycles. The lowest BCUT2D eigenvalue weighted by Gasteiger charge is -2.08. The quantitative estimate of drug-likeness (QED) is 0.704. The highest BCUT2D eigenvalue weighted by molar-refractivity contribution is 7.99. The van der Waals surface area contributed by atoms with Crippen LogP contribution < -0.4 is 5.56 Å². The Labute approximate surface area is 143 Å². The Kier molecular flexibility index (Phi) is 4.23. The summed E-state index contributed by atoms with van der Waals surface area (Å²) in [6, 6.07) is 10.0. The molecule has 0 amide bonds. The standard InChI is InChI=1S/C18H18N2OS2/c21-17-10-13(19-18(20-17)23-14-5-1-2-6-14)9-12-11-22-16-8-4-3-7-15(12)16/h3-4,7-8,10-11,14H,1-2,5-6,9H2,(H,19,20,21). The van der Waals surface area contributed by atoms with Gasteiger partial charge in [0, 0.05) is 22.4 Å². The van der Waals surface area contributed by atoms with E-state index in [4.69, 9.17) is 4.98 Å². The highest BCUT2D eigenvalue weighted by Gasteiger charge is 2.17. The highest BCUT2D eigenvalue weighted by Crippen LogP contribution is 2.33. The monoisotopic (exact) mass is 342 g/mol. The topological polar surface area (TPSA) is 45.8 Å². The van der Waals surface area contributed by atoms with E-state index >= 15 is 0 Å². The third-order valence-corrected chi connectivity index (χ3v) is 6.52. The predicted molar refractivity (Wildman–Crippen MR) is 97.6 cm³/mol. The first-order valence-corrected chi connectivity index (χ1v) is 9.76. The minimum atomic E-state index is -0.0463. The largest absolute Gasteiger partial charge is 0.301 e. The van der Waals surface area contributed by atoms with Gasteiger partial charge in [-0.05, 0) is 35.2 Å². The molecule has 1 N–H and O–H groups in total. The number of aromatic nitrogens is 2. The molecule has 1 aliphatic carbocycles. The Morgan fingerprint density at radius 1 is 1.26 bits per heavy atom. The van der Waals surface area contributed by atoms with Crippen LogP contribution >= 0.6 is 23.1 Å². The van der Waals surface area contributed by atoms with Crippen molar-refractivity contribution in [2.45, 2.75) is 42.5 Å². The number of nitrogens with one attached hydrogen (secondary N) is 1. The van der Waals surface area contributed by atoms with Crippen LogP contribution in [0.15, 0.2) is 45.7 Å². The lowest BCUT2D eigenvalue weighted by molar-refractivity contribution is 0.854. The summed E-state index contributed by atoms with van der Waals surface area (Å²) >= 11 is 3.48. The predicted octanol–water partition coefficient (Wildman–Crippen LogP) is 4.61. The van der Waals surface area contributed by atoms with Gasteiger partial charge in [0.25, 0.3) is 5.56 Å². The minimum Gasteiger partial charge on any atom is -0.301 e. The third kappa shape index (κ3) is 3.35. The molecule has 0 unspecified atom stereocenters. The molecule has 0 spiro atoms. The summed E-state index contributed by atoms with van der Waals surface area (Å²) in [7, 11) is 0. The number of rotatable bonds is 4. The molecule has 2 aromatic heterocycles. The number of fused-ring (bicyclic) bond motifs is 1. The fraction of sp³-hybridized carbons (Fsp3) is 0.333. The van der Waals surface area contributed by atoms with Crippen molar-refractivity contribution >= 4 is 33.2 Å². The van der Waals surface area contributed by atoms with Gasteiger partial charge in [-0.25, -0.2) is 4.98 Å². The summed E-state index contributed by atoms with van der Waals surface area (Å²) in [4.78, 5) is 19.6. The zero-order chi connectivity index (χ0) is 15.6. The van der Waals surface area contributed by atoms with E-state index in [-0.39, 0.29) is 5.56 Å². The van der Waals surface area contributed by atoms with Gasteiger partial charge in [0.05, 0.1) is 5.69 Å². The van der Waals surface area contributed by atoms with E-state index in [0.29, 0.717) is 11.7 Å². The number of benzene rings is 1. The van der Waals surface area contributed by atoms with Gasteiger partial charge in [-0.3, -0.25) is 4.79 Å². The van der Waals surface area contributed by atoms with Gasteiger partial charge < -0.3 is 4.98 Å². The number of H-pyrrole nitrogens is 1. The van der Waals surface area contributed by atoms with E-state index in [2.05, 4.69) is 34.6 Å². The van der Waals surface area contributed by atoms with Gasteiger partial charge in [0.15, 0.2) is 5.16 Å². The second-order valence-corrected chi connectivity index (χ2v) is 8.20. The van der Waals surface area contributed by atoms with Crippen molar-refractivity contribution in [3.05, 3.63) is 57.3 Å². The molecule has 1 saturated carbocycles. The van der Waals surface area contributed by atoms with Crippen LogP contribution in [-0.2, 0) is 6.42 Å². The van der Waals surface area contributed by atoms with Crippen molar-refractivity contribution in [2.75, 3.05) is 0 Å². The van der Waals surface area contributed by atoms with E-state index in [1.54, 1.807) is 29.2 Å². The molecular formula is C18H18N2OS2. The fourth-order valence-electron chi connectivity index (χ4n) is 3.16. The molecular weight excluding hydrogens is 324 g/mol. The number of nitrogens with zero attached hydrogens (tertiary/aromatic N) is 1. The van der Waals surface area contributed by atoms with Crippen molar-refractivity contribution in [3.63, 3.8) is 0 Å². The summed E-state index contributed by atoms with van der Waals surface area (Å²) in [5.41, 5.74) is 2.06. The maximum absolute atomic E-state index is 12.0. The Morgan fingerprint density at radius 3 is 2.96 bits per heavy atom. The molecule has 0 bridgehead atoms. The summed E-state index contributed by atoms with van der Waals surface area (Å²) in [6.45, 7) is 0. The summed E-state index contributed by atoms with van der Waals surface area (Å²) in [5.74, 6) is 0. The average Bonchev–Trinajstić information content (AvgIpc) is 3.17. The molecule has 0 saturated heterocycles. The van der Waals surface area contributed by atoms with E-state index in [0.717, 1.165) is 10.9 Å². The first-order valence-electron chi connectivity index (χ1n) is 8.00. The van der Waals surface area contributed by atoms with Crippen LogP contribution in [-0.4, -0.2) is 15.2 Å². The van der Waals surface area contributed by atoms with E-state index in [1.807, 2.05) is 0 Å². The van der Waals surface area contributed by atoms with Gasteiger partial charge in [-0.2, -0.15) is 0 Å². The number of thioether (sulfide) groups is 1. The maximum Gasteiger partial charge on any atom is 0.251 e. The number of thiophene rings is 1. The van der Waals surface area contributed by atoms with E-state index < -0.39 is 0 Å². The van der Waals surface area contributed by atoms with Crippen molar-refractivity contribution in [2.24, 2.45) is 0 Å². The van der Waals surface area contributed by atoms with Crippen LogP contribution in [0.4, 0.5) is 0 Å². The van der Waals surface area contributed by atoms with Crippen molar-refractivity contribution < 1.29 is 0 Å². The average molecular weight is 342 g/mol. The van der Waals surface area contributed by atoms with Crippen LogP contribution in [0.1, 0.15) is 36.9 Å². The van der Waals surface area contributed by atoms with Crippen LogP contribution in [0.3, 0.4) is 0 Å². The SMILES string of the molecule is O=c1cc(Cc2csc3ccccc23)nc(SC2CCCC2)[nH]1. The fourth-order valence-corrected chi connectivity index (χ4v) is 5.34. The smallest absolute Gasteiger partial charge is 0.251 e. The Bertz CT molecular complexity index is 878. The zero-order valence-electron chi connectivity index (χ0n) is 12.7. The summed E-state index contributed by atoms with van der Waals surface area (Å²) < 4.78 is 1.29. The Morgan fingerprint density at radius 2 is 2.09 bits per heavy atom. The van der Waals surface area contributed by atoms with Crippen LogP contribution in [0.5, 0.6) is 0 Å². The van der Waals surface area contributed by atoms with Gasteiger partial charge in [0.2, 0.25) is 0 Å². The van der Waals surface area contributed by atoms with Crippen molar-refractivity contribution in [1.29, 1.82) is 0 Å². The first-order chi connectivity index (χ1) is 11.3. The second kappa shape index (κ2) is 6.49. The Hall–Kier alpha value is -1.59. The molecule has 23 heavy (non-hydrogen) atoms. The molecule has 118 valence electrons. The molecule has 0 aliphatic heterocycles. The van der Waals surface area contributed by atoms with Gasteiger partial charge in [0.1, 0.15) is 0 Å². The second-order valence-electron chi connectivity index (χ2n) is 6.00. The van der Waals surface area contributed by atoms with Crippen LogP contribution in [0, 0.1) is 0 Å². The number of aromatic amines is 1. The van der Waals surface area contributed by atoms with Crippen molar-refractivity contribution in [1.82, 2.24) is 9.97 Å². The molecule has 3 nitrogen and oxygen atoms in total. The normalized spacial score (nSPS) is 15.5. The zero-order valence-corrected chi connectivity index (χ0v) is 14.4. The molecule has 5 heteroatoms. The first kappa shape index (κ1) is 15.0. The van der Waals surface area contributed by atoms with Gasteiger partial charge in [-0.15, -0.1) is 11.3 Å². The molecule has 3 aromatic rings. The molecule has 1 fully saturated rings. The van der Waals surface area contributed by atoms with E-state index in [9.17, 15) is 4.79 Å². The minimum absolute atomic E-state index is 0.0463. The van der Waals surface area contributed by atoms with Crippen molar-refractivity contribution in [3.8, 4) is 0 Å². The molecule has 4 rings (SSSR count). The number of hydrogen-bond acceptors (Lipinski definition) is 4. The van der Waals surface area contributed by atoms with Gasteiger partial charge in [-0.1, -0.05) is 42.8 Å². The summed E-state index contributed by atoms with van der Waals surface area (Å²) in [5, 5.41) is 4.83. The lowest BCUT2D eigenvalue weighted by atomic mass is 10.1. The Balaban J connectivity index is 1.61. The van der Waals surface area contributed by atoms with E-state index in [1.165, 1.54) is 41.3 Å².